The minimum atomic E-state index is 0.547. The molecular weight excluding hydrogens is 360 g/mol. The molecule has 0 radical (unpaired) electrons. The van der Waals surface area contributed by atoms with E-state index < -0.39 is 0 Å². The molecule has 0 spiro atoms. The minimum absolute atomic E-state index is 0.547. The number of hydrogen-bond donors (Lipinski definition) is 0. The monoisotopic (exact) mass is 408 g/mol. The first-order valence-electron chi connectivity index (χ1n) is 11.7. The molecule has 0 heterocycles. The lowest BCUT2D eigenvalue weighted by atomic mass is 9.89. The zero-order valence-corrected chi connectivity index (χ0v) is 21.6. The molecule has 0 nitrogen and oxygen atoms in total. The standard InChI is InChI=1S/C16H22.C9H12.C3H8.C2H6/c1-6-15(11-14(5)12(2)3)16-10-8-7-9-13(16)4;1-3-9-7-5-4-6-8(9)2;1-3-2;1-2/h6-10,14H,2,11H2,1,3-5H3;4-7H,3H2,1-2H3;3H2,1-2H3;1-2H3/b15-6-;;;/t14-;;;/m1.../s1. The largest absolute Gasteiger partial charge is 0.0999 e. The zero-order valence-electron chi connectivity index (χ0n) is 21.6. The van der Waals surface area contributed by atoms with Gasteiger partial charge in [0.2, 0.25) is 0 Å². The van der Waals surface area contributed by atoms with Gasteiger partial charge in [-0.1, -0.05) is 115 Å². The van der Waals surface area contributed by atoms with Gasteiger partial charge in [-0.2, -0.15) is 0 Å². The van der Waals surface area contributed by atoms with Gasteiger partial charge < -0.3 is 0 Å². The maximum absolute atomic E-state index is 4.03. The Morgan fingerprint density at radius 3 is 1.73 bits per heavy atom. The van der Waals surface area contributed by atoms with E-state index in [2.05, 4.69) is 117 Å². The third kappa shape index (κ3) is 12.5. The van der Waals surface area contributed by atoms with Gasteiger partial charge in [-0.15, -0.1) is 0 Å². The number of benzene rings is 2. The van der Waals surface area contributed by atoms with Gasteiger partial charge in [-0.25, -0.2) is 0 Å². The van der Waals surface area contributed by atoms with E-state index >= 15 is 0 Å². The number of aryl methyl sites for hydroxylation is 3. The summed E-state index contributed by atoms with van der Waals surface area (Å²) in [7, 11) is 0. The second kappa shape index (κ2) is 18.9. The highest BCUT2D eigenvalue weighted by Gasteiger charge is 2.09. The first-order valence-corrected chi connectivity index (χ1v) is 11.7. The first-order chi connectivity index (χ1) is 14.3. The van der Waals surface area contributed by atoms with Crippen LogP contribution in [0.4, 0.5) is 0 Å². The highest BCUT2D eigenvalue weighted by atomic mass is 14.1. The van der Waals surface area contributed by atoms with Crippen LogP contribution in [0.25, 0.3) is 5.57 Å². The molecule has 0 aliphatic carbocycles. The quantitative estimate of drug-likeness (QED) is 0.432. The maximum atomic E-state index is 4.03. The molecule has 0 N–H and O–H groups in total. The van der Waals surface area contributed by atoms with Gasteiger partial charge in [0.15, 0.2) is 0 Å². The summed E-state index contributed by atoms with van der Waals surface area (Å²) in [6.45, 7) is 25.3. The molecular formula is C30H48. The normalized spacial score (nSPS) is 10.9. The number of rotatable bonds is 5. The Labute approximate surface area is 189 Å². The van der Waals surface area contributed by atoms with E-state index in [4.69, 9.17) is 0 Å². The molecule has 0 aliphatic heterocycles. The molecule has 0 unspecified atom stereocenters. The molecule has 0 heteroatoms. The van der Waals surface area contributed by atoms with Gasteiger partial charge in [-0.05, 0) is 74.3 Å². The highest BCUT2D eigenvalue weighted by Crippen LogP contribution is 2.27. The smallest absolute Gasteiger partial charge is 0.0197 e. The van der Waals surface area contributed by atoms with Crippen LogP contribution in [0, 0.1) is 19.8 Å². The van der Waals surface area contributed by atoms with Gasteiger partial charge in [0.25, 0.3) is 0 Å². The molecule has 30 heavy (non-hydrogen) atoms. The molecule has 0 amide bonds. The van der Waals surface area contributed by atoms with Gasteiger partial charge in [0.05, 0.1) is 0 Å². The fourth-order valence-corrected chi connectivity index (χ4v) is 2.83. The summed E-state index contributed by atoms with van der Waals surface area (Å²) in [4.78, 5) is 0. The topological polar surface area (TPSA) is 0 Å². The van der Waals surface area contributed by atoms with Crippen LogP contribution in [0.5, 0.6) is 0 Å². The fourth-order valence-electron chi connectivity index (χ4n) is 2.83. The zero-order chi connectivity index (χ0) is 23.5. The van der Waals surface area contributed by atoms with E-state index in [0.29, 0.717) is 5.92 Å². The lowest BCUT2D eigenvalue weighted by Crippen LogP contribution is -1.98. The van der Waals surface area contributed by atoms with Crippen molar-refractivity contribution in [3.05, 3.63) is 89.0 Å². The Balaban J connectivity index is 0. The van der Waals surface area contributed by atoms with E-state index in [0.717, 1.165) is 12.8 Å². The molecule has 0 aromatic heterocycles. The molecule has 2 aromatic rings. The summed E-state index contributed by atoms with van der Waals surface area (Å²) in [5.41, 5.74) is 8.27. The molecule has 2 rings (SSSR count). The van der Waals surface area contributed by atoms with Crippen LogP contribution in [0.1, 0.15) is 90.5 Å². The minimum Gasteiger partial charge on any atom is -0.0999 e. The number of allylic oxidation sites excluding steroid dienone is 3. The van der Waals surface area contributed by atoms with Gasteiger partial charge in [-0.3, -0.25) is 0 Å². The average Bonchev–Trinajstić information content (AvgIpc) is 2.75. The van der Waals surface area contributed by atoms with Crippen LogP contribution in [-0.4, -0.2) is 0 Å². The summed E-state index contributed by atoms with van der Waals surface area (Å²) >= 11 is 0. The predicted octanol–water partition coefficient (Wildman–Crippen LogP) is 10.0. The van der Waals surface area contributed by atoms with Crippen LogP contribution in [0.15, 0.2) is 66.8 Å². The van der Waals surface area contributed by atoms with Crippen molar-refractivity contribution in [1.29, 1.82) is 0 Å². The van der Waals surface area contributed by atoms with E-state index in [1.807, 2.05) is 13.8 Å². The lowest BCUT2D eigenvalue weighted by Gasteiger charge is -2.16. The predicted molar refractivity (Wildman–Crippen MR) is 141 cm³/mol. The summed E-state index contributed by atoms with van der Waals surface area (Å²) in [5, 5.41) is 0. The molecule has 1 atom stereocenters. The molecule has 0 bridgehead atoms. The Morgan fingerprint density at radius 2 is 1.37 bits per heavy atom. The maximum Gasteiger partial charge on any atom is -0.0197 e. The Morgan fingerprint density at radius 1 is 0.900 bits per heavy atom. The van der Waals surface area contributed by atoms with Crippen molar-refractivity contribution in [2.75, 3.05) is 0 Å². The van der Waals surface area contributed by atoms with Crippen LogP contribution < -0.4 is 0 Å². The van der Waals surface area contributed by atoms with Gasteiger partial charge in [0, 0.05) is 0 Å². The van der Waals surface area contributed by atoms with Crippen molar-refractivity contribution in [3.8, 4) is 0 Å². The van der Waals surface area contributed by atoms with Crippen molar-refractivity contribution in [2.45, 2.75) is 88.5 Å². The highest BCUT2D eigenvalue weighted by molar-refractivity contribution is 5.68. The molecule has 0 saturated carbocycles. The van der Waals surface area contributed by atoms with E-state index in [1.54, 1.807) is 0 Å². The molecule has 0 aliphatic rings. The Bertz CT molecular complexity index is 718. The molecule has 0 fully saturated rings. The summed E-state index contributed by atoms with van der Waals surface area (Å²) in [5.74, 6) is 0.547. The van der Waals surface area contributed by atoms with E-state index in [-0.39, 0.29) is 0 Å². The SMILES string of the molecule is C=C(C)[C@H](C)C/C(=C/C)c1ccccc1C.CC.CCC.CCc1ccccc1C. The fraction of sp³-hybridized carbons (Fsp3) is 0.467. The molecule has 2 aromatic carbocycles. The van der Waals surface area contributed by atoms with Crippen molar-refractivity contribution in [2.24, 2.45) is 5.92 Å². The van der Waals surface area contributed by atoms with E-state index in [1.165, 1.54) is 39.8 Å². The molecule has 168 valence electrons. The van der Waals surface area contributed by atoms with Crippen LogP contribution in [-0.2, 0) is 6.42 Å². The van der Waals surface area contributed by atoms with Crippen molar-refractivity contribution in [3.63, 3.8) is 0 Å². The Kier molecular flexibility index (Phi) is 19.0. The van der Waals surface area contributed by atoms with Gasteiger partial charge >= 0.3 is 0 Å². The second-order valence-corrected chi connectivity index (χ2v) is 7.57. The summed E-state index contributed by atoms with van der Waals surface area (Å²) < 4.78 is 0. The average molecular weight is 409 g/mol. The summed E-state index contributed by atoms with van der Waals surface area (Å²) in [6.07, 6.45) is 5.70. The van der Waals surface area contributed by atoms with Crippen molar-refractivity contribution >= 4 is 5.57 Å². The first kappa shape index (κ1) is 30.1. The summed E-state index contributed by atoms with van der Waals surface area (Å²) in [6, 6.07) is 17.1. The molecule has 0 saturated heterocycles. The van der Waals surface area contributed by atoms with Crippen LogP contribution in [0.3, 0.4) is 0 Å². The Hall–Kier alpha value is -2.08. The van der Waals surface area contributed by atoms with E-state index in [9.17, 15) is 0 Å². The van der Waals surface area contributed by atoms with Gasteiger partial charge in [0.1, 0.15) is 0 Å². The second-order valence-electron chi connectivity index (χ2n) is 7.57. The third-order valence-electron chi connectivity index (χ3n) is 4.85. The number of hydrogen-bond acceptors (Lipinski definition) is 0. The third-order valence-corrected chi connectivity index (χ3v) is 4.85. The van der Waals surface area contributed by atoms with Crippen LogP contribution in [0.2, 0.25) is 0 Å². The lowest BCUT2D eigenvalue weighted by molar-refractivity contribution is 0.707. The van der Waals surface area contributed by atoms with Crippen molar-refractivity contribution in [1.82, 2.24) is 0 Å². The van der Waals surface area contributed by atoms with Crippen LogP contribution >= 0.6 is 0 Å². The van der Waals surface area contributed by atoms with Crippen molar-refractivity contribution < 1.29 is 0 Å².